The number of hydrogen-bond acceptors (Lipinski definition) is 8. The van der Waals surface area contributed by atoms with Gasteiger partial charge in [0.1, 0.15) is 24.4 Å². The van der Waals surface area contributed by atoms with Crippen LogP contribution in [0.15, 0.2) is 0 Å². The number of unbranched alkanes of at least 4 members (excludes halogenated alkanes) is 27. The number of aliphatic hydroxyl groups is 5. The van der Waals surface area contributed by atoms with E-state index in [-0.39, 0.29) is 12.5 Å². The van der Waals surface area contributed by atoms with Crippen molar-refractivity contribution in [3.8, 4) is 0 Å². The van der Waals surface area contributed by atoms with Crippen LogP contribution in [-0.2, 0) is 14.3 Å². The third-order valence-electron chi connectivity index (χ3n) is 11.0. The number of carbonyl (C=O) groups excluding carboxylic acids is 1. The van der Waals surface area contributed by atoms with Crippen molar-refractivity contribution in [3.05, 3.63) is 0 Å². The fourth-order valence-corrected chi connectivity index (χ4v) is 7.34. The summed E-state index contributed by atoms with van der Waals surface area (Å²) >= 11 is 0. The highest BCUT2D eigenvalue weighted by Gasteiger charge is 2.44. The van der Waals surface area contributed by atoms with E-state index in [9.17, 15) is 30.3 Å². The number of rotatable bonds is 37. The second kappa shape index (κ2) is 34.7. The highest BCUT2D eigenvalue weighted by molar-refractivity contribution is 5.76. The molecule has 7 atom stereocenters. The van der Waals surface area contributed by atoms with E-state index in [0.717, 1.165) is 38.5 Å². The average molecular weight is 744 g/mol. The van der Waals surface area contributed by atoms with Gasteiger partial charge in [-0.1, -0.05) is 194 Å². The first-order chi connectivity index (χ1) is 25.3. The third-order valence-corrected chi connectivity index (χ3v) is 11.0. The first-order valence-electron chi connectivity index (χ1n) is 22.2. The Bertz CT molecular complexity index is 786. The molecule has 1 amide bonds. The molecule has 0 saturated carbocycles. The van der Waals surface area contributed by atoms with E-state index in [1.54, 1.807) is 0 Å². The molecule has 310 valence electrons. The molecule has 0 radical (unpaired) electrons. The van der Waals surface area contributed by atoms with Crippen LogP contribution in [0.25, 0.3) is 0 Å². The summed E-state index contributed by atoms with van der Waals surface area (Å²) in [6, 6.07) is -0.710. The van der Waals surface area contributed by atoms with E-state index in [2.05, 4.69) is 19.2 Å². The van der Waals surface area contributed by atoms with Crippen molar-refractivity contribution in [2.24, 2.45) is 0 Å². The molecular formula is C43H85NO8. The van der Waals surface area contributed by atoms with Crippen LogP contribution in [0.3, 0.4) is 0 Å². The molecule has 0 aromatic rings. The summed E-state index contributed by atoms with van der Waals surface area (Å²) in [7, 11) is 0. The smallest absolute Gasteiger partial charge is 0.220 e. The van der Waals surface area contributed by atoms with Crippen LogP contribution in [0.1, 0.15) is 213 Å². The molecule has 1 saturated heterocycles. The number of ether oxygens (including phenoxy) is 2. The predicted octanol–water partition coefficient (Wildman–Crippen LogP) is 8.78. The quantitative estimate of drug-likeness (QED) is 0.0346. The van der Waals surface area contributed by atoms with Crippen molar-refractivity contribution in [3.63, 3.8) is 0 Å². The highest BCUT2D eigenvalue weighted by atomic mass is 16.7. The van der Waals surface area contributed by atoms with Crippen molar-refractivity contribution in [2.75, 3.05) is 13.2 Å². The molecule has 1 heterocycles. The van der Waals surface area contributed by atoms with Crippen LogP contribution >= 0.6 is 0 Å². The molecule has 52 heavy (non-hydrogen) atoms. The summed E-state index contributed by atoms with van der Waals surface area (Å²) < 4.78 is 11.2. The highest BCUT2D eigenvalue weighted by Crippen LogP contribution is 2.23. The zero-order valence-electron chi connectivity index (χ0n) is 33.8. The SMILES string of the molecule is CCCCCCCCCCCCCCCCCCCCC(=O)NC(COC1OC(CO)C(O)C(O)C1O)C(O)CCCCCCCCCCCCC. The normalized spacial score (nSPS) is 21.7. The standard InChI is InChI=1S/C43H85NO8/c1-3-5-7-9-11-13-15-16-17-18-19-20-21-23-25-27-29-31-33-39(47)44-36(35-51-43-42(50)41(49)40(48)38(34-45)52-43)37(46)32-30-28-26-24-22-14-12-10-8-6-4-2/h36-38,40-43,45-46,48-50H,3-35H2,1-2H3,(H,44,47). The van der Waals surface area contributed by atoms with Crippen molar-refractivity contribution < 1.29 is 39.8 Å². The molecule has 1 aliphatic rings. The van der Waals surface area contributed by atoms with Gasteiger partial charge in [-0.05, 0) is 12.8 Å². The Labute approximate surface area is 319 Å². The van der Waals surface area contributed by atoms with Gasteiger partial charge in [-0.25, -0.2) is 0 Å². The molecule has 9 heteroatoms. The van der Waals surface area contributed by atoms with Gasteiger partial charge in [0.2, 0.25) is 5.91 Å². The minimum absolute atomic E-state index is 0.132. The van der Waals surface area contributed by atoms with Crippen LogP contribution < -0.4 is 5.32 Å². The molecule has 1 aliphatic heterocycles. The van der Waals surface area contributed by atoms with E-state index < -0.39 is 49.5 Å². The van der Waals surface area contributed by atoms with E-state index in [1.807, 2.05) is 0 Å². The Hall–Kier alpha value is -0.810. The molecule has 1 fully saturated rings. The molecule has 0 aromatic heterocycles. The van der Waals surface area contributed by atoms with Crippen LogP contribution in [0, 0.1) is 0 Å². The zero-order valence-corrected chi connectivity index (χ0v) is 33.8. The summed E-state index contributed by atoms with van der Waals surface area (Å²) in [4.78, 5) is 12.9. The second-order valence-electron chi connectivity index (χ2n) is 15.9. The lowest BCUT2D eigenvalue weighted by molar-refractivity contribution is -0.302. The van der Waals surface area contributed by atoms with Gasteiger partial charge < -0.3 is 40.3 Å². The fourth-order valence-electron chi connectivity index (χ4n) is 7.34. The maximum Gasteiger partial charge on any atom is 0.220 e. The van der Waals surface area contributed by atoms with Crippen LogP contribution in [0.2, 0.25) is 0 Å². The minimum atomic E-state index is -1.55. The number of amides is 1. The Morgan fingerprint density at radius 1 is 0.577 bits per heavy atom. The largest absolute Gasteiger partial charge is 0.394 e. The average Bonchev–Trinajstić information content (AvgIpc) is 3.14. The number of nitrogens with one attached hydrogen (secondary N) is 1. The summed E-state index contributed by atoms with van der Waals surface area (Å²) in [6.45, 7) is 3.83. The third kappa shape index (κ3) is 25.3. The van der Waals surface area contributed by atoms with Crippen LogP contribution in [-0.4, -0.2) is 87.5 Å². The monoisotopic (exact) mass is 744 g/mol. The Morgan fingerprint density at radius 2 is 0.962 bits per heavy atom. The molecule has 6 N–H and O–H groups in total. The van der Waals surface area contributed by atoms with Gasteiger partial charge in [0.15, 0.2) is 6.29 Å². The summed E-state index contributed by atoms with van der Waals surface area (Å²) in [6.07, 6.45) is 29.7. The van der Waals surface area contributed by atoms with Crippen molar-refractivity contribution in [1.82, 2.24) is 5.32 Å². The van der Waals surface area contributed by atoms with Gasteiger partial charge in [0, 0.05) is 6.42 Å². The predicted molar refractivity (Wildman–Crippen MR) is 212 cm³/mol. The summed E-state index contributed by atoms with van der Waals surface area (Å²) in [5, 5.41) is 54.2. The number of carbonyl (C=O) groups is 1. The van der Waals surface area contributed by atoms with E-state index in [1.165, 1.54) is 148 Å². The molecule has 1 rings (SSSR count). The molecular weight excluding hydrogens is 658 g/mol. The van der Waals surface area contributed by atoms with Gasteiger partial charge in [-0.3, -0.25) is 4.79 Å². The van der Waals surface area contributed by atoms with Crippen molar-refractivity contribution >= 4 is 5.91 Å². The lowest BCUT2D eigenvalue weighted by Crippen LogP contribution is -2.60. The van der Waals surface area contributed by atoms with Crippen LogP contribution in [0.4, 0.5) is 0 Å². The first kappa shape index (κ1) is 49.2. The molecule has 7 unspecified atom stereocenters. The van der Waals surface area contributed by atoms with Crippen LogP contribution in [0.5, 0.6) is 0 Å². The molecule has 9 nitrogen and oxygen atoms in total. The summed E-state index contributed by atoms with van der Waals surface area (Å²) in [5.41, 5.74) is 0. The summed E-state index contributed by atoms with van der Waals surface area (Å²) in [5.74, 6) is -0.142. The molecule has 0 aliphatic carbocycles. The topological polar surface area (TPSA) is 149 Å². The Morgan fingerprint density at radius 3 is 1.37 bits per heavy atom. The molecule has 0 aromatic carbocycles. The minimum Gasteiger partial charge on any atom is -0.394 e. The first-order valence-corrected chi connectivity index (χ1v) is 22.2. The van der Waals surface area contributed by atoms with E-state index >= 15 is 0 Å². The Kier molecular flexibility index (Phi) is 32.8. The maximum absolute atomic E-state index is 12.9. The van der Waals surface area contributed by atoms with Gasteiger partial charge in [0.05, 0.1) is 25.4 Å². The number of aliphatic hydroxyl groups excluding tert-OH is 5. The van der Waals surface area contributed by atoms with Gasteiger partial charge in [-0.15, -0.1) is 0 Å². The second-order valence-corrected chi connectivity index (χ2v) is 15.9. The fraction of sp³-hybridized carbons (Fsp3) is 0.977. The number of hydrogen-bond donors (Lipinski definition) is 6. The van der Waals surface area contributed by atoms with Gasteiger partial charge in [-0.2, -0.15) is 0 Å². The lowest BCUT2D eigenvalue weighted by Gasteiger charge is -2.40. The van der Waals surface area contributed by atoms with Crippen molar-refractivity contribution in [2.45, 2.75) is 256 Å². The van der Waals surface area contributed by atoms with Gasteiger partial charge in [0.25, 0.3) is 0 Å². The lowest BCUT2D eigenvalue weighted by atomic mass is 9.99. The molecule has 0 bridgehead atoms. The zero-order chi connectivity index (χ0) is 38.1. The van der Waals surface area contributed by atoms with E-state index in [4.69, 9.17) is 9.47 Å². The maximum atomic E-state index is 12.9. The van der Waals surface area contributed by atoms with Crippen molar-refractivity contribution in [1.29, 1.82) is 0 Å². The van der Waals surface area contributed by atoms with E-state index in [0.29, 0.717) is 12.8 Å². The Balaban J connectivity index is 2.30. The van der Waals surface area contributed by atoms with Gasteiger partial charge >= 0.3 is 0 Å². The molecule has 0 spiro atoms.